The van der Waals surface area contributed by atoms with Crippen molar-refractivity contribution in [2.24, 2.45) is 5.92 Å². The number of aromatic amines is 1. The maximum Gasteiger partial charge on any atom is 0.330 e. The van der Waals surface area contributed by atoms with Gasteiger partial charge in [0.1, 0.15) is 11.6 Å². The predicted octanol–water partition coefficient (Wildman–Crippen LogP) is 3.78. The van der Waals surface area contributed by atoms with Gasteiger partial charge in [0.2, 0.25) is 5.91 Å². The fourth-order valence-electron chi connectivity index (χ4n) is 4.95. The molecule has 188 valence electrons. The second-order valence-corrected chi connectivity index (χ2v) is 9.77. The first-order valence-corrected chi connectivity index (χ1v) is 12.6. The molecule has 9 heteroatoms. The average Bonchev–Trinajstić information content (AvgIpc) is 3.43. The summed E-state index contributed by atoms with van der Waals surface area (Å²) in [6, 6.07) is 6.30. The van der Waals surface area contributed by atoms with E-state index in [0.717, 1.165) is 31.2 Å². The van der Waals surface area contributed by atoms with Crippen LogP contribution in [0.2, 0.25) is 0 Å². The van der Waals surface area contributed by atoms with Crippen molar-refractivity contribution >= 4 is 17.1 Å². The second-order valence-electron chi connectivity index (χ2n) is 9.77. The summed E-state index contributed by atoms with van der Waals surface area (Å²) in [7, 11) is 0. The standard InChI is InChI=1S/C26H34FN5O3/c1-4-5-14-31-24-23(25(34)29-26(31)35)32(16-17(2)3)21(28-24)12-13-22(33)30-15-6-7-20(30)18-8-10-19(27)11-9-18/h8-11,17,20H,4-7,12-16H2,1-3H3,(H,29,34,35)/t20-/m1/s1. The molecule has 1 aliphatic rings. The van der Waals surface area contributed by atoms with E-state index in [1.165, 1.54) is 16.7 Å². The van der Waals surface area contributed by atoms with Crippen LogP contribution in [0.3, 0.4) is 0 Å². The summed E-state index contributed by atoms with van der Waals surface area (Å²) < 4.78 is 16.8. The lowest BCUT2D eigenvalue weighted by Crippen LogP contribution is -2.31. The molecule has 1 fully saturated rings. The third-order valence-corrected chi connectivity index (χ3v) is 6.64. The van der Waals surface area contributed by atoms with E-state index in [2.05, 4.69) is 18.8 Å². The number of imidazole rings is 1. The van der Waals surface area contributed by atoms with E-state index in [4.69, 9.17) is 4.98 Å². The van der Waals surface area contributed by atoms with Crippen molar-refractivity contribution in [3.05, 3.63) is 62.3 Å². The third kappa shape index (κ3) is 5.23. The quantitative estimate of drug-likeness (QED) is 0.501. The van der Waals surface area contributed by atoms with Crippen LogP contribution >= 0.6 is 0 Å². The van der Waals surface area contributed by atoms with Gasteiger partial charge in [-0.15, -0.1) is 0 Å². The molecule has 1 amide bonds. The van der Waals surface area contributed by atoms with Gasteiger partial charge in [-0.05, 0) is 42.9 Å². The molecule has 3 aromatic rings. The number of aromatic nitrogens is 4. The molecule has 0 aliphatic carbocycles. The molecule has 0 bridgehead atoms. The van der Waals surface area contributed by atoms with Crippen molar-refractivity contribution in [3.8, 4) is 0 Å². The van der Waals surface area contributed by atoms with E-state index < -0.39 is 11.2 Å². The van der Waals surface area contributed by atoms with Crippen LogP contribution in [0.5, 0.6) is 0 Å². The molecule has 1 N–H and O–H groups in total. The minimum atomic E-state index is -0.452. The number of carbonyl (C=O) groups excluding carboxylic acids is 1. The molecular formula is C26H34FN5O3. The minimum absolute atomic E-state index is 0.0114. The number of likely N-dealkylation sites (tertiary alicyclic amines) is 1. The maximum atomic E-state index is 13.4. The highest BCUT2D eigenvalue weighted by Gasteiger charge is 2.30. The first-order chi connectivity index (χ1) is 16.8. The number of rotatable bonds is 9. The Hall–Kier alpha value is -3.23. The fraction of sp³-hybridized carbons (Fsp3) is 0.538. The smallest absolute Gasteiger partial charge is 0.330 e. The predicted molar refractivity (Wildman–Crippen MR) is 133 cm³/mol. The van der Waals surface area contributed by atoms with E-state index in [0.29, 0.717) is 43.0 Å². The number of benzene rings is 1. The summed E-state index contributed by atoms with van der Waals surface area (Å²) in [5.41, 5.74) is 0.824. The Kier molecular flexibility index (Phi) is 7.52. The highest BCUT2D eigenvalue weighted by molar-refractivity contribution is 5.77. The summed E-state index contributed by atoms with van der Waals surface area (Å²) in [4.78, 5) is 47.6. The molecule has 1 aliphatic heterocycles. The third-order valence-electron chi connectivity index (χ3n) is 6.64. The molecule has 1 aromatic carbocycles. The highest BCUT2D eigenvalue weighted by Crippen LogP contribution is 2.32. The van der Waals surface area contributed by atoms with E-state index in [1.54, 1.807) is 12.1 Å². The lowest BCUT2D eigenvalue weighted by molar-refractivity contribution is -0.132. The van der Waals surface area contributed by atoms with E-state index in [9.17, 15) is 18.8 Å². The molecule has 1 saturated heterocycles. The van der Waals surface area contributed by atoms with Gasteiger partial charge in [0.25, 0.3) is 5.56 Å². The average molecular weight is 484 g/mol. The molecule has 0 radical (unpaired) electrons. The Morgan fingerprint density at radius 3 is 2.63 bits per heavy atom. The van der Waals surface area contributed by atoms with E-state index in [-0.39, 0.29) is 30.1 Å². The fourth-order valence-corrected chi connectivity index (χ4v) is 4.95. The lowest BCUT2D eigenvalue weighted by Gasteiger charge is -2.25. The Bertz CT molecular complexity index is 1310. The normalized spacial score (nSPS) is 16.0. The number of halogens is 1. The number of nitrogens with one attached hydrogen (secondary N) is 1. The second kappa shape index (κ2) is 10.6. The zero-order chi connectivity index (χ0) is 25.1. The number of H-pyrrole nitrogens is 1. The van der Waals surface area contributed by atoms with Gasteiger partial charge in [0.05, 0.1) is 6.04 Å². The van der Waals surface area contributed by atoms with Crippen LogP contribution in [0.4, 0.5) is 4.39 Å². The Morgan fingerprint density at radius 2 is 1.94 bits per heavy atom. The SMILES string of the molecule is CCCCn1c(=O)[nH]c(=O)c2c1nc(CCC(=O)N1CCC[C@@H]1c1ccc(F)cc1)n2CC(C)C. The van der Waals surface area contributed by atoms with Crippen LogP contribution in [0.15, 0.2) is 33.9 Å². The topological polar surface area (TPSA) is 93.0 Å². The molecule has 0 saturated carbocycles. The van der Waals surface area contributed by atoms with Crippen molar-refractivity contribution in [2.75, 3.05) is 6.54 Å². The number of hydrogen-bond acceptors (Lipinski definition) is 4. The van der Waals surface area contributed by atoms with Gasteiger partial charge in [-0.3, -0.25) is 19.1 Å². The van der Waals surface area contributed by atoms with Gasteiger partial charge in [0, 0.05) is 32.5 Å². The molecular weight excluding hydrogens is 449 g/mol. The largest absolute Gasteiger partial charge is 0.336 e. The molecule has 1 atom stereocenters. The summed E-state index contributed by atoms with van der Waals surface area (Å²) in [6.45, 7) is 7.86. The van der Waals surface area contributed by atoms with E-state index in [1.807, 2.05) is 16.4 Å². The van der Waals surface area contributed by atoms with Crippen molar-refractivity contribution in [1.29, 1.82) is 0 Å². The highest BCUT2D eigenvalue weighted by atomic mass is 19.1. The van der Waals surface area contributed by atoms with Gasteiger partial charge < -0.3 is 9.47 Å². The molecule has 4 rings (SSSR count). The molecule has 35 heavy (non-hydrogen) atoms. The van der Waals surface area contributed by atoms with Crippen molar-refractivity contribution < 1.29 is 9.18 Å². The van der Waals surface area contributed by atoms with E-state index >= 15 is 0 Å². The van der Waals surface area contributed by atoms with Gasteiger partial charge >= 0.3 is 5.69 Å². The Morgan fingerprint density at radius 1 is 1.20 bits per heavy atom. The first-order valence-electron chi connectivity index (χ1n) is 12.6. The van der Waals surface area contributed by atoms with Crippen molar-refractivity contribution in [1.82, 2.24) is 24.0 Å². The van der Waals surface area contributed by atoms with Crippen LogP contribution in [-0.4, -0.2) is 36.5 Å². The Labute approximate surface area is 203 Å². The van der Waals surface area contributed by atoms with Crippen molar-refractivity contribution in [2.45, 2.75) is 78.4 Å². The van der Waals surface area contributed by atoms with Crippen LogP contribution in [-0.2, 0) is 24.3 Å². The number of unbranched alkanes of at least 4 members (excludes halogenated alkanes) is 1. The zero-order valence-electron chi connectivity index (χ0n) is 20.7. The number of nitrogens with zero attached hydrogens (tertiary/aromatic N) is 4. The molecule has 2 aromatic heterocycles. The number of aryl methyl sites for hydroxylation is 2. The molecule has 0 spiro atoms. The summed E-state index contributed by atoms with van der Waals surface area (Å²) >= 11 is 0. The zero-order valence-corrected chi connectivity index (χ0v) is 20.7. The van der Waals surface area contributed by atoms with Crippen LogP contribution in [0.25, 0.3) is 11.2 Å². The summed E-state index contributed by atoms with van der Waals surface area (Å²) in [6.07, 6.45) is 4.07. The molecule has 8 nitrogen and oxygen atoms in total. The molecule has 3 heterocycles. The van der Waals surface area contributed by atoms with Gasteiger partial charge in [-0.1, -0.05) is 39.3 Å². The van der Waals surface area contributed by atoms with Crippen LogP contribution in [0, 0.1) is 11.7 Å². The van der Waals surface area contributed by atoms with Crippen molar-refractivity contribution in [3.63, 3.8) is 0 Å². The summed E-state index contributed by atoms with van der Waals surface area (Å²) in [5.74, 6) is 0.609. The minimum Gasteiger partial charge on any atom is -0.336 e. The van der Waals surface area contributed by atoms with Gasteiger partial charge in [0.15, 0.2) is 11.2 Å². The number of carbonyl (C=O) groups is 1. The van der Waals surface area contributed by atoms with Gasteiger partial charge in [-0.2, -0.15) is 0 Å². The molecule has 0 unspecified atom stereocenters. The Balaban J connectivity index is 1.62. The van der Waals surface area contributed by atoms with Gasteiger partial charge in [-0.25, -0.2) is 14.2 Å². The number of fused-ring (bicyclic) bond motifs is 1. The van der Waals surface area contributed by atoms with Crippen LogP contribution in [0.1, 0.15) is 70.3 Å². The number of amides is 1. The maximum absolute atomic E-state index is 13.4. The lowest BCUT2D eigenvalue weighted by atomic mass is 10.0. The first kappa shape index (κ1) is 24.9. The number of hydrogen-bond donors (Lipinski definition) is 1. The monoisotopic (exact) mass is 483 g/mol. The summed E-state index contributed by atoms with van der Waals surface area (Å²) in [5, 5.41) is 0. The van der Waals surface area contributed by atoms with Crippen LogP contribution < -0.4 is 11.2 Å².